The summed E-state index contributed by atoms with van der Waals surface area (Å²) in [5.74, 6) is 1.01. The molecule has 7 heteroatoms. The third-order valence-electron chi connectivity index (χ3n) is 5.58. The molecule has 4 aromatic carbocycles. The normalized spacial score (nSPS) is 13.8. The molecular formula is C26H22N2O4S. The molecule has 1 heterocycles. The van der Waals surface area contributed by atoms with Crippen LogP contribution in [-0.4, -0.2) is 20.9 Å². The van der Waals surface area contributed by atoms with Gasteiger partial charge in [0.05, 0.1) is 16.3 Å². The van der Waals surface area contributed by atoms with Gasteiger partial charge in [0.15, 0.2) is 5.75 Å². The Bertz CT molecular complexity index is 1430. The van der Waals surface area contributed by atoms with Crippen molar-refractivity contribution < 1.29 is 17.9 Å². The molecule has 1 aliphatic rings. The van der Waals surface area contributed by atoms with Gasteiger partial charge in [-0.05, 0) is 48.2 Å². The number of anilines is 2. The van der Waals surface area contributed by atoms with Gasteiger partial charge in [0.2, 0.25) is 5.91 Å². The molecule has 166 valence electrons. The number of sulfonamides is 1. The van der Waals surface area contributed by atoms with Crippen molar-refractivity contribution in [1.82, 2.24) is 0 Å². The Morgan fingerprint density at radius 1 is 0.848 bits per heavy atom. The van der Waals surface area contributed by atoms with Gasteiger partial charge in [-0.25, -0.2) is 8.42 Å². The Morgan fingerprint density at radius 3 is 2.39 bits per heavy atom. The van der Waals surface area contributed by atoms with Crippen LogP contribution in [0.5, 0.6) is 11.5 Å². The lowest BCUT2D eigenvalue weighted by Gasteiger charge is -2.18. The smallest absolute Gasteiger partial charge is 0.265 e. The van der Waals surface area contributed by atoms with Gasteiger partial charge in [0.1, 0.15) is 5.75 Å². The molecule has 33 heavy (non-hydrogen) atoms. The monoisotopic (exact) mass is 458 g/mol. The molecule has 4 aromatic rings. The maximum atomic E-state index is 13.1. The Hall–Kier alpha value is -3.84. The minimum Gasteiger partial charge on any atom is -0.455 e. The Kier molecular flexibility index (Phi) is 5.48. The van der Waals surface area contributed by atoms with Crippen molar-refractivity contribution in [2.45, 2.75) is 17.7 Å². The molecule has 0 radical (unpaired) electrons. The van der Waals surface area contributed by atoms with Crippen LogP contribution < -0.4 is 14.4 Å². The van der Waals surface area contributed by atoms with Crippen LogP contribution in [-0.2, 0) is 14.8 Å². The Morgan fingerprint density at radius 2 is 1.58 bits per heavy atom. The summed E-state index contributed by atoms with van der Waals surface area (Å²) in [6.45, 7) is 0.228. The summed E-state index contributed by atoms with van der Waals surface area (Å²) in [5, 5.41) is 4.52. The quantitative estimate of drug-likeness (QED) is 0.393. The Balaban J connectivity index is 1.25. The molecule has 0 saturated carbocycles. The van der Waals surface area contributed by atoms with Gasteiger partial charge < -0.3 is 10.1 Å². The van der Waals surface area contributed by atoms with Crippen LogP contribution in [0.25, 0.3) is 10.8 Å². The number of para-hydroxylation sites is 3. The number of hydrogen-bond acceptors (Lipinski definition) is 4. The van der Waals surface area contributed by atoms with Gasteiger partial charge in [0, 0.05) is 18.4 Å². The van der Waals surface area contributed by atoms with Gasteiger partial charge in [-0.2, -0.15) is 0 Å². The topological polar surface area (TPSA) is 75.7 Å². The second-order valence-electron chi connectivity index (χ2n) is 7.77. The van der Waals surface area contributed by atoms with Crippen LogP contribution in [0.4, 0.5) is 11.4 Å². The standard InChI is InChI=1S/C26H22N2O4S/c29-25(27-21-13-4-5-15-23(21)32-20-11-2-1-3-12-20)17-8-18-28-22-14-6-9-19-10-7-16-24(26(19)22)33(28,30)31/h1-7,9-16H,8,17-18H2,(H,27,29). The van der Waals surface area contributed by atoms with Gasteiger partial charge >= 0.3 is 0 Å². The molecule has 0 saturated heterocycles. The maximum absolute atomic E-state index is 13.1. The predicted molar refractivity (Wildman–Crippen MR) is 129 cm³/mol. The third-order valence-corrected chi connectivity index (χ3v) is 7.43. The molecule has 0 bridgehead atoms. The average Bonchev–Trinajstić information content (AvgIpc) is 3.04. The largest absolute Gasteiger partial charge is 0.455 e. The second kappa shape index (κ2) is 8.60. The lowest BCUT2D eigenvalue weighted by Crippen LogP contribution is -2.29. The van der Waals surface area contributed by atoms with Gasteiger partial charge in [0.25, 0.3) is 10.0 Å². The SMILES string of the molecule is O=C(CCCN1c2cccc3cccc(c23)S1(=O)=O)Nc1ccccc1Oc1ccccc1. The van der Waals surface area contributed by atoms with Crippen molar-refractivity contribution in [3.05, 3.63) is 91.0 Å². The fourth-order valence-corrected chi connectivity index (χ4v) is 5.82. The second-order valence-corrected chi connectivity index (χ2v) is 9.60. The fraction of sp³-hybridized carbons (Fsp3) is 0.115. The number of carbonyl (C=O) groups excluding carboxylic acids is 1. The summed E-state index contributed by atoms with van der Waals surface area (Å²) in [5.41, 5.74) is 1.24. The minimum atomic E-state index is -3.61. The molecule has 0 aliphatic carbocycles. The first-order valence-electron chi connectivity index (χ1n) is 10.7. The molecule has 1 N–H and O–H groups in total. The van der Waals surface area contributed by atoms with E-state index in [2.05, 4.69) is 5.32 Å². The van der Waals surface area contributed by atoms with Crippen LogP contribution in [0.2, 0.25) is 0 Å². The van der Waals surface area contributed by atoms with Crippen LogP contribution in [0, 0.1) is 0 Å². The number of carbonyl (C=O) groups is 1. The fourth-order valence-electron chi connectivity index (χ4n) is 4.07. The summed E-state index contributed by atoms with van der Waals surface area (Å²) in [6, 6.07) is 27.4. The summed E-state index contributed by atoms with van der Waals surface area (Å²) >= 11 is 0. The van der Waals surface area contributed by atoms with Gasteiger partial charge in [-0.15, -0.1) is 0 Å². The molecule has 0 fully saturated rings. The summed E-state index contributed by atoms with van der Waals surface area (Å²) in [7, 11) is -3.61. The maximum Gasteiger partial charge on any atom is 0.265 e. The molecule has 0 atom stereocenters. The molecule has 0 unspecified atom stereocenters. The lowest BCUT2D eigenvalue weighted by molar-refractivity contribution is -0.116. The van der Waals surface area contributed by atoms with Crippen LogP contribution in [0.15, 0.2) is 95.9 Å². The summed E-state index contributed by atoms with van der Waals surface area (Å²) < 4.78 is 33.4. The lowest BCUT2D eigenvalue weighted by atomic mass is 10.1. The van der Waals surface area contributed by atoms with E-state index in [4.69, 9.17) is 4.74 Å². The minimum absolute atomic E-state index is 0.179. The first kappa shape index (κ1) is 21.0. The molecule has 1 amide bonds. The molecule has 1 aliphatic heterocycles. The molecule has 6 nitrogen and oxygen atoms in total. The zero-order chi connectivity index (χ0) is 22.8. The number of rotatable bonds is 7. The van der Waals surface area contributed by atoms with Crippen LogP contribution in [0.1, 0.15) is 12.8 Å². The number of benzene rings is 4. The molecular weight excluding hydrogens is 436 g/mol. The van der Waals surface area contributed by atoms with E-state index in [1.807, 2.05) is 66.7 Å². The van der Waals surface area contributed by atoms with Crippen molar-refractivity contribution in [3.63, 3.8) is 0 Å². The first-order chi connectivity index (χ1) is 16.0. The van der Waals surface area contributed by atoms with Crippen LogP contribution in [0.3, 0.4) is 0 Å². The van der Waals surface area contributed by atoms with E-state index in [0.29, 0.717) is 34.2 Å². The average molecular weight is 459 g/mol. The highest BCUT2D eigenvalue weighted by atomic mass is 32.2. The van der Waals surface area contributed by atoms with E-state index in [-0.39, 0.29) is 18.9 Å². The molecule has 5 rings (SSSR count). The van der Waals surface area contributed by atoms with Gasteiger partial charge in [-0.1, -0.05) is 54.6 Å². The number of amides is 1. The summed E-state index contributed by atoms with van der Waals surface area (Å²) in [6.07, 6.45) is 0.565. The van der Waals surface area contributed by atoms with Crippen molar-refractivity contribution in [2.24, 2.45) is 0 Å². The van der Waals surface area contributed by atoms with E-state index in [1.165, 1.54) is 4.31 Å². The molecule has 0 aromatic heterocycles. The zero-order valence-corrected chi connectivity index (χ0v) is 18.6. The van der Waals surface area contributed by atoms with E-state index in [0.717, 1.165) is 10.8 Å². The van der Waals surface area contributed by atoms with Crippen LogP contribution >= 0.6 is 0 Å². The predicted octanol–water partition coefficient (Wildman–Crippen LogP) is 5.56. The van der Waals surface area contributed by atoms with E-state index < -0.39 is 10.0 Å². The number of hydrogen-bond donors (Lipinski definition) is 1. The van der Waals surface area contributed by atoms with Crippen molar-refractivity contribution in [2.75, 3.05) is 16.2 Å². The third kappa shape index (κ3) is 4.03. The van der Waals surface area contributed by atoms with E-state index >= 15 is 0 Å². The van der Waals surface area contributed by atoms with Crippen molar-refractivity contribution in [3.8, 4) is 11.5 Å². The number of nitrogens with one attached hydrogen (secondary N) is 1. The highest BCUT2D eigenvalue weighted by molar-refractivity contribution is 7.93. The number of nitrogens with zero attached hydrogens (tertiary/aromatic N) is 1. The summed E-state index contributed by atoms with van der Waals surface area (Å²) in [4.78, 5) is 13.0. The zero-order valence-electron chi connectivity index (χ0n) is 17.8. The molecule has 0 spiro atoms. The van der Waals surface area contributed by atoms with E-state index in [1.54, 1.807) is 24.3 Å². The van der Waals surface area contributed by atoms with E-state index in [9.17, 15) is 13.2 Å². The van der Waals surface area contributed by atoms with Crippen molar-refractivity contribution in [1.29, 1.82) is 0 Å². The first-order valence-corrected chi connectivity index (χ1v) is 12.1. The highest BCUT2D eigenvalue weighted by Gasteiger charge is 2.35. The Labute approximate surface area is 192 Å². The number of ether oxygens (including phenoxy) is 1. The van der Waals surface area contributed by atoms with Crippen molar-refractivity contribution >= 4 is 38.1 Å². The highest BCUT2D eigenvalue weighted by Crippen LogP contribution is 2.42. The van der Waals surface area contributed by atoms with Gasteiger partial charge in [-0.3, -0.25) is 9.10 Å².